The van der Waals surface area contributed by atoms with E-state index in [4.69, 9.17) is 35.5 Å². The van der Waals surface area contributed by atoms with Gasteiger partial charge in [-0.15, -0.1) is 0 Å². The minimum atomic E-state index is 0.194. The summed E-state index contributed by atoms with van der Waals surface area (Å²) in [4.78, 5) is 9.96. The third-order valence-corrected chi connectivity index (χ3v) is 5.70. The van der Waals surface area contributed by atoms with Crippen molar-refractivity contribution in [1.82, 2.24) is 0 Å². The van der Waals surface area contributed by atoms with E-state index in [2.05, 4.69) is 13.8 Å². The fraction of sp³-hybridized carbons (Fsp3) is 0.895. The van der Waals surface area contributed by atoms with E-state index < -0.39 is 0 Å². The van der Waals surface area contributed by atoms with E-state index in [1.54, 1.807) is 0 Å². The molecule has 0 bridgehead atoms. The molecular weight excluding hydrogens is 397 g/mol. The zero-order valence-corrected chi connectivity index (χ0v) is 18.2. The van der Waals surface area contributed by atoms with Crippen molar-refractivity contribution in [2.24, 2.45) is 9.98 Å². The van der Waals surface area contributed by atoms with Gasteiger partial charge in [0.15, 0.2) is 0 Å². The van der Waals surface area contributed by atoms with E-state index in [-0.39, 0.29) is 13.1 Å². The van der Waals surface area contributed by atoms with Crippen molar-refractivity contribution in [2.45, 2.75) is 109 Å². The molecule has 3 fully saturated rings. The molecule has 0 aromatic carbocycles. The number of halogens is 2. The molecule has 0 spiro atoms. The van der Waals surface area contributed by atoms with Crippen LogP contribution in [0, 0.1) is 0 Å². The van der Waals surface area contributed by atoms with E-state index in [0.717, 1.165) is 0 Å². The first-order valence-electron chi connectivity index (χ1n) is 9.77. The summed E-state index contributed by atoms with van der Waals surface area (Å²) >= 11 is 0.194. The fourth-order valence-electron chi connectivity index (χ4n) is 4.32. The molecule has 3 rings (SSSR count). The Morgan fingerprint density at radius 3 is 1.44 bits per heavy atom. The van der Waals surface area contributed by atoms with Crippen LogP contribution in [0.2, 0.25) is 0 Å². The molecule has 145 valence electrons. The van der Waals surface area contributed by atoms with Crippen molar-refractivity contribution in [3.05, 3.63) is 5.32 Å². The van der Waals surface area contributed by atoms with Crippen LogP contribution >= 0.6 is 20.2 Å². The van der Waals surface area contributed by atoms with Crippen molar-refractivity contribution in [3.8, 4) is 0 Å². The predicted octanol–water partition coefficient (Wildman–Crippen LogP) is 6.46. The SMILES string of the molecule is CC(=NC1CCCC1)C1CCCC(C(C)=NC2CCCC2)[N-]1.[Cl][Fe+][Cl]. The molecule has 1 aliphatic heterocycles. The zero-order chi connectivity index (χ0) is 18.1. The Hall–Kier alpha value is 0.399. The summed E-state index contributed by atoms with van der Waals surface area (Å²) in [5, 5.41) is 5.10. The van der Waals surface area contributed by atoms with Crippen LogP contribution in [0.4, 0.5) is 0 Å². The monoisotopic (exact) mass is 428 g/mol. The average Bonchev–Trinajstić information content (AvgIpc) is 3.30. The molecule has 2 unspecified atom stereocenters. The summed E-state index contributed by atoms with van der Waals surface area (Å²) in [6, 6.07) is 1.88. The summed E-state index contributed by atoms with van der Waals surface area (Å²) in [5.74, 6) is 0. The molecule has 0 N–H and O–H groups in total. The molecule has 0 aromatic rings. The van der Waals surface area contributed by atoms with E-state index >= 15 is 0 Å². The maximum atomic E-state index is 5.10. The topological polar surface area (TPSA) is 38.8 Å². The van der Waals surface area contributed by atoms with Crippen LogP contribution in [0.25, 0.3) is 5.32 Å². The molecule has 2 saturated carbocycles. The molecule has 25 heavy (non-hydrogen) atoms. The minimum absolute atomic E-state index is 0.194. The van der Waals surface area contributed by atoms with Crippen molar-refractivity contribution < 1.29 is 13.1 Å². The van der Waals surface area contributed by atoms with Crippen LogP contribution in [-0.4, -0.2) is 35.6 Å². The molecule has 0 aromatic heterocycles. The maximum absolute atomic E-state index is 5.10. The molecule has 2 aliphatic carbocycles. The third kappa shape index (κ3) is 7.50. The van der Waals surface area contributed by atoms with Crippen LogP contribution in [0.5, 0.6) is 0 Å². The molecule has 0 amide bonds. The van der Waals surface area contributed by atoms with Gasteiger partial charge in [-0.3, -0.25) is 9.98 Å². The van der Waals surface area contributed by atoms with Crippen molar-refractivity contribution in [1.29, 1.82) is 0 Å². The Morgan fingerprint density at radius 2 is 1.08 bits per heavy atom. The van der Waals surface area contributed by atoms with E-state index in [1.807, 2.05) is 0 Å². The van der Waals surface area contributed by atoms with Crippen LogP contribution in [0.3, 0.4) is 0 Å². The molecule has 0 radical (unpaired) electrons. The Labute approximate surface area is 168 Å². The molecule has 1 heterocycles. The van der Waals surface area contributed by atoms with Crippen molar-refractivity contribution in [2.75, 3.05) is 0 Å². The van der Waals surface area contributed by atoms with Crippen molar-refractivity contribution >= 4 is 31.6 Å². The number of aliphatic imine (C=N–C) groups is 2. The number of hydrogen-bond donors (Lipinski definition) is 0. The summed E-state index contributed by atoms with van der Waals surface area (Å²) in [5.41, 5.74) is 2.57. The number of hydrogen-bond acceptors (Lipinski definition) is 2. The molecule has 6 heteroatoms. The van der Waals surface area contributed by atoms with Gasteiger partial charge in [-0.25, -0.2) is 0 Å². The number of nitrogens with zero attached hydrogens (tertiary/aromatic N) is 3. The Bertz CT molecular complexity index is 406. The summed E-state index contributed by atoms with van der Waals surface area (Å²) in [6.07, 6.45) is 14.2. The fourth-order valence-corrected chi connectivity index (χ4v) is 4.32. The summed E-state index contributed by atoms with van der Waals surface area (Å²) in [6.45, 7) is 4.41. The van der Waals surface area contributed by atoms with E-state index in [9.17, 15) is 0 Å². The van der Waals surface area contributed by atoms with Crippen LogP contribution in [-0.2, 0) is 13.1 Å². The Kier molecular flexibility index (Phi) is 10.4. The molecule has 1 saturated heterocycles. The average molecular weight is 429 g/mol. The normalized spacial score (nSPS) is 29.6. The standard InChI is InChI=1S/C19H32N3.2ClH.Fe/c1-14(20-16-8-3-4-9-16)18-12-7-13-19(22-18)15(2)21-17-10-5-6-11-17;;;/h16-19H,3-13H2,1-2H3;2*1H;/q-1;;;+3/p-2. The second kappa shape index (κ2) is 12.0. The third-order valence-electron chi connectivity index (χ3n) is 5.70. The van der Waals surface area contributed by atoms with Gasteiger partial charge >= 0.3 is 33.3 Å². The second-order valence-corrected chi connectivity index (χ2v) is 9.40. The van der Waals surface area contributed by atoms with Crippen LogP contribution < -0.4 is 0 Å². The number of rotatable bonds is 4. The van der Waals surface area contributed by atoms with Crippen molar-refractivity contribution in [3.63, 3.8) is 0 Å². The Balaban J connectivity index is 0.000000701. The Morgan fingerprint density at radius 1 is 0.720 bits per heavy atom. The second-order valence-electron chi connectivity index (χ2n) is 7.58. The van der Waals surface area contributed by atoms with Gasteiger partial charge in [0.25, 0.3) is 0 Å². The molecular formula is C19H32Cl2FeN3. The van der Waals surface area contributed by atoms with E-state index in [0.29, 0.717) is 24.2 Å². The summed E-state index contributed by atoms with van der Waals surface area (Å²) < 4.78 is 0. The van der Waals surface area contributed by atoms with Gasteiger partial charge in [0.1, 0.15) is 0 Å². The van der Waals surface area contributed by atoms with Crippen LogP contribution in [0.15, 0.2) is 9.98 Å². The molecule has 3 aliphatic rings. The van der Waals surface area contributed by atoms with Gasteiger partial charge in [0.05, 0.1) is 0 Å². The van der Waals surface area contributed by atoms with Gasteiger partial charge in [-0.1, -0.05) is 57.0 Å². The van der Waals surface area contributed by atoms with Gasteiger partial charge in [0.2, 0.25) is 0 Å². The predicted molar refractivity (Wildman–Crippen MR) is 107 cm³/mol. The number of piperidine rings is 1. The first-order chi connectivity index (χ1) is 12.1. The van der Waals surface area contributed by atoms with Gasteiger partial charge in [0, 0.05) is 12.1 Å². The summed E-state index contributed by atoms with van der Waals surface area (Å²) in [7, 11) is 9.53. The molecule has 2 atom stereocenters. The van der Waals surface area contributed by atoms with Gasteiger partial charge in [-0.2, -0.15) is 0 Å². The first kappa shape index (κ1) is 21.7. The van der Waals surface area contributed by atoms with Gasteiger partial charge < -0.3 is 5.32 Å². The van der Waals surface area contributed by atoms with E-state index in [1.165, 1.54) is 82.1 Å². The first-order valence-corrected chi connectivity index (χ1v) is 12.8. The van der Waals surface area contributed by atoms with Gasteiger partial charge in [-0.05, 0) is 51.0 Å². The quantitative estimate of drug-likeness (QED) is 0.363. The van der Waals surface area contributed by atoms with Crippen LogP contribution in [0.1, 0.15) is 84.5 Å². The molecule has 3 nitrogen and oxygen atoms in total. The zero-order valence-electron chi connectivity index (χ0n) is 15.5.